The Morgan fingerprint density at radius 1 is 1.19 bits per heavy atom. The number of hydrogen-bond donors (Lipinski definition) is 1. The second-order valence-electron chi connectivity index (χ2n) is 5.64. The number of carbonyl (C=O) groups excluding carboxylic acids is 1. The zero-order valence-electron chi connectivity index (χ0n) is 15.2. The molecule has 0 spiro atoms. The van der Waals surface area contributed by atoms with Gasteiger partial charge in [0.25, 0.3) is 5.91 Å². The monoisotopic (exact) mass is 371 g/mol. The lowest BCUT2D eigenvalue weighted by Gasteiger charge is -2.08. The molecule has 1 aromatic carbocycles. The van der Waals surface area contributed by atoms with Crippen LogP contribution < -0.4 is 14.8 Å². The minimum absolute atomic E-state index is 0.183. The first kappa shape index (κ1) is 18.5. The van der Waals surface area contributed by atoms with Crippen molar-refractivity contribution in [1.82, 2.24) is 9.78 Å². The van der Waals surface area contributed by atoms with Crippen molar-refractivity contribution >= 4 is 11.6 Å². The van der Waals surface area contributed by atoms with Gasteiger partial charge in [-0.05, 0) is 24.3 Å². The summed E-state index contributed by atoms with van der Waals surface area (Å²) in [4.78, 5) is 12.3. The number of anilines is 1. The van der Waals surface area contributed by atoms with Gasteiger partial charge in [0, 0.05) is 13.3 Å². The number of nitrogens with zero attached hydrogens (tertiary/aromatic N) is 2. The van der Waals surface area contributed by atoms with Gasteiger partial charge in [-0.25, -0.2) is 0 Å². The van der Waals surface area contributed by atoms with E-state index in [9.17, 15) is 4.79 Å². The van der Waals surface area contributed by atoms with Gasteiger partial charge in [-0.1, -0.05) is 12.1 Å². The van der Waals surface area contributed by atoms with Crippen molar-refractivity contribution in [3.63, 3.8) is 0 Å². The first-order valence-corrected chi connectivity index (χ1v) is 8.37. The lowest BCUT2D eigenvalue weighted by molar-refractivity contribution is 0.0992. The summed E-state index contributed by atoms with van der Waals surface area (Å²) >= 11 is 0. The summed E-state index contributed by atoms with van der Waals surface area (Å²) in [6.07, 6.45) is 3.30. The van der Waals surface area contributed by atoms with Gasteiger partial charge in [-0.3, -0.25) is 9.48 Å². The van der Waals surface area contributed by atoms with Gasteiger partial charge in [0.15, 0.2) is 17.3 Å². The van der Waals surface area contributed by atoms with Crippen LogP contribution in [0, 0.1) is 0 Å². The molecule has 142 valence electrons. The van der Waals surface area contributed by atoms with Crippen molar-refractivity contribution in [1.29, 1.82) is 0 Å². The smallest absolute Gasteiger partial charge is 0.291 e. The Bertz CT molecular complexity index is 887. The largest absolute Gasteiger partial charge is 0.493 e. The Hall–Kier alpha value is -3.26. The Labute approximate surface area is 156 Å². The zero-order valence-corrected chi connectivity index (χ0v) is 15.2. The third kappa shape index (κ3) is 4.89. The fourth-order valence-corrected chi connectivity index (χ4v) is 2.39. The third-order valence-electron chi connectivity index (χ3n) is 3.74. The number of carbonyl (C=O) groups is 1. The molecule has 0 fully saturated rings. The molecule has 1 amide bonds. The topological polar surface area (TPSA) is 87.8 Å². The van der Waals surface area contributed by atoms with Crippen LogP contribution in [0.1, 0.15) is 16.3 Å². The number of methoxy groups -OCH3 is 2. The molecule has 0 aliphatic rings. The van der Waals surface area contributed by atoms with Crippen molar-refractivity contribution in [2.24, 2.45) is 0 Å². The molecule has 2 aromatic heterocycles. The molecular weight excluding hydrogens is 350 g/mol. The summed E-state index contributed by atoms with van der Waals surface area (Å²) in [6.45, 7) is 1.34. The van der Waals surface area contributed by atoms with E-state index in [4.69, 9.17) is 18.6 Å². The summed E-state index contributed by atoms with van der Waals surface area (Å²) in [6, 6.07) is 10.6. The number of para-hydroxylation sites is 2. The molecule has 1 N–H and O–H groups in total. The third-order valence-corrected chi connectivity index (χ3v) is 3.74. The number of aromatic nitrogens is 2. The molecule has 0 saturated heterocycles. The Morgan fingerprint density at radius 2 is 2.00 bits per heavy atom. The number of hydrogen-bond acceptors (Lipinski definition) is 6. The quantitative estimate of drug-likeness (QED) is 0.622. The molecule has 8 heteroatoms. The van der Waals surface area contributed by atoms with Crippen LogP contribution in [0.4, 0.5) is 5.69 Å². The van der Waals surface area contributed by atoms with E-state index in [1.807, 2.05) is 18.2 Å². The molecule has 0 aliphatic carbocycles. The van der Waals surface area contributed by atoms with Crippen molar-refractivity contribution in [2.45, 2.75) is 13.2 Å². The highest BCUT2D eigenvalue weighted by molar-refractivity contribution is 6.02. The molecule has 0 saturated carbocycles. The summed E-state index contributed by atoms with van der Waals surface area (Å²) in [5, 5.41) is 6.89. The molecule has 0 unspecified atom stereocenters. The second kappa shape index (κ2) is 8.91. The number of rotatable bonds is 9. The van der Waals surface area contributed by atoms with E-state index in [0.717, 1.165) is 0 Å². The predicted molar refractivity (Wildman–Crippen MR) is 98.1 cm³/mol. The average molecular weight is 371 g/mol. The lowest BCUT2D eigenvalue weighted by atomic mass is 10.3. The summed E-state index contributed by atoms with van der Waals surface area (Å²) in [5.74, 6) is 1.60. The van der Waals surface area contributed by atoms with Crippen molar-refractivity contribution in [3.05, 3.63) is 60.3 Å². The molecule has 0 radical (unpaired) electrons. The van der Waals surface area contributed by atoms with Crippen LogP contribution in [0.25, 0.3) is 0 Å². The average Bonchev–Trinajstić information content (AvgIpc) is 3.34. The molecule has 8 nitrogen and oxygen atoms in total. The van der Waals surface area contributed by atoms with E-state index in [1.54, 1.807) is 49.5 Å². The van der Waals surface area contributed by atoms with E-state index in [2.05, 4.69) is 10.4 Å². The molecule has 3 aromatic rings. The van der Waals surface area contributed by atoms with Gasteiger partial charge in [0.05, 0.1) is 32.1 Å². The maximum absolute atomic E-state index is 12.3. The van der Waals surface area contributed by atoms with Crippen LogP contribution in [0.5, 0.6) is 11.5 Å². The van der Waals surface area contributed by atoms with Gasteiger partial charge in [0.1, 0.15) is 12.4 Å². The number of furan rings is 1. The lowest BCUT2D eigenvalue weighted by Crippen LogP contribution is -2.10. The van der Waals surface area contributed by atoms with Crippen LogP contribution in [0.3, 0.4) is 0 Å². The Morgan fingerprint density at radius 3 is 2.78 bits per heavy atom. The van der Waals surface area contributed by atoms with Gasteiger partial charge in [-0.2, -0.15) is 5.10 Å². The highest BCUT2D eigenvalue weighted by Crippen LogP contribution is 2.26. The molecule has 27 heavy (non-hydrogen) atoms. The number of ether oxygens (including phenoxy) is 3. The second-order valence-corrected chi connectivity index (χ2v) is 5.64. The number of amides is 1. The van der Waals surface area contributed by atoms with Crippen LogP contribution in [0.15, 0.2) is 53.2 Å². The van der Waals surface area contributed by atoms with Gasteiger partial charge >= 0.3 is 0 Å². The minimum Gasteiger partial charge on any atom is -0.493 e. The van der Waals surface area contributed by atoms with Crippen LogP contribution >= 0.6 is 0 Å². The minimum atomic E-state index is -0.357. The van der Waals surface area contributed by atoms with Gasteiger partial charge in [-0.15, -0.1) is 0 Å². The SMILES string of the molecule is COCCn1cc(NC(=O)c2ccc(COc3ccccc3OC)o2)cn1. The fraction of sp³-hybridized carbons (Fsp3) is 0.263. The van der Waals surface area contributed by atoms with E-state index in [-0.39, 0.29) is 18.3 Å². The Kier molecular flexibility index (Phi) is 6.11. The highest BCUT2D eigenvalue weighted by Gasteiger charge is 2.13. The predicted octanol–water partition coefficient (Wildman–Crippen LogP) is 2.96. The summed E-state index contributed by atoms with van der Waals surface area (Å²) < 4.78 is 23.2. The van der Waals surface area contributed by atoms with Crippen molar-refractivity contribution in [2.75, 3.05) is 26.1 Å². The summed E-state index contributed by atoms with van der Waals surface area (Å²) in [7, 11) is 3.20. The first-order chi connectivity index (χ1) is 13.2. The zero-order chi connectivity index (χ0) is 19.1. The van der Waals surface area contributed by atoms with Gasteiger partial charge in [0.2, 0.25) is 0 Å². The Balaban J connectivity index is 1.56. The van der Waals surface area contributed by atoms with Crippen LogP contribution in [-0.4, -0.2) is 36.5 Å². The van der Waals surface area contributed by atoms with E-state index in [0.29, 0.717) is 36.1 Å². The maximum atomic E-state index is 12.3. The van der Waals surface area contributed by atoms with E-state index in [1.165, 1.54) is 0 Å². The molecule has 0 aliphatic heterocycles. The van der Waals surface area contributed by atoms with Crippen molar-refractivity contribution in [3.8, 4) is 11.5 Å². The molecule has 0 bridgehead atoms. The van der Waals surface area contributed by atoms with Crippen molar-refractivity contribution < 1.29 is 23.4 Å². The number of nitrogens with one attached hydrogen (secondary N) is 1. The molecule has 0 atom stereocenters. The molecule has 3 rings (SSSR count). The standard InChI is InChI=1S/C19H21N3O5/c1-24-10-9-22-12-14(11-20-22)21-19(23)18-8-7-15(27-18)13-26-17-6-4-3-5-16(17)25-2/h3-8,11-12H,9-10,13H2,1-2H3,(H,21,23). The van der Waals surface area contributed by atoms with Gasteiger partial charge < -0.3 is 23.9 Å². The normalized spacial score (nSPS) is 10.6. The number of benzene rings is 1. The highest BCUT2D eigenvalue weighted by atomic mass is 16.5. The molecular formula is C19H21N3O5. The summed E-state index contributed by atoms with van der Waals surface area (Å²) in [5.41, 5.74) is 0.583. The van der Waals surface area contributed by atoms with Crippen LogP contribution in [0.2, 0.25) is 0 Å². The fourth-order valence-electron chi connectivity index (χ4n) is 2.39. The van der Waals surface area contributed by atoms with Crippen LogP contribution in [-0.2, 0) is 17.9 Å². The molecule has 2 heterocycles. The first-order valence-electron chi connectivity index (χ1n) is 8.37. The maximum Gasteiger partial charge on any atom is 0.291 e. The van der Waals surface area contributed by atoms with E-state index < -0.39 is 0 Å². The van der Waals surface area contributed by atoms with E-state index >= 15 is 0 Å².